The van der Waals surface area contributed by atoms with Gasteiger partial charge in [-0.3, -0.25) is 14.6 Å². The third-order valence-corrected chi connectivity index (χ3v) is 7.00. The second kappa shape index (κ2) is 11.1. The van der Waals surface area contributed by atoms with E-state index < -0.39 is 17.7 Å². The van der Waals surface area contributed by atoms with Gasteiger partial charge in [-0.1, -0.05) is 31.9 Å². The molecule has 1 amide bonds. The number of carbonyl (C=O) groups excluding carboxylic acids is 2. The zero-order valence-corrected chi connectivity index (χ0v) is 21.7. The fraction of sp³-hybridized carbons (Fsp3) is 0.323. The molecule has 1 aromatic heterocycles. The highest BCUT2D eigenvalue weighted by molar-refractivity contribution is 6.46. The van der Waals surface area contributed by atoms with Gasteiger partial charge >= 0.3 is 0 Å². The lowest BCUT2D eigenvalue weighted by molar-refractivity contribution is -0.140. The van der Waals surface area contributed by atoms with Crippen LogP contribution in [0, 0.1) is 0 Å². The largest absolute Gasteiger partial charge is 0.507 e. The van der Waals surface area contributed by atoms with Crippen molar-refractivity contribution in [2.24, 2.45) is 0 Å². The van der Waals surface area contributed by atoms with Crippen LogP contribution in [0.25, 0.3) is 5.76 Å². The molecule has 1 fully saturated rings. The monoisotopic (exact) mass is 512 g/mol. The second-order valence-electron chi connectivity index (χ2n) is 9.87. The maximum atomic E-state index is 13.4. The number of fused-ring (bicyclic) bond motifs is 1. The lowest BCUT2D eigenvalue weighted by Gasteiger charge is -2.26. The van der Waals surface area contributed by atoms with E-state index >= 15 is 0 Å². The molecule has 2 atom stereocenters. The van der Waals surface area contributed by atoms with E-state index in [4.69, 9.17) is 9.47 Å². The number of aromatic nitrogens is 1. The number of Topliss-reactive ketones (excluding diaryl/α,β-unsaturated/α-hetero) is 1. The molecule has 5 rings (SSSR count). The van der Waals surface area contributed by atoms with Gasteiger partial charge in [-0.05, 0) is 72.5 Å². The van der Waals surface area contributed by atoms with Gasteiger partial charge in [0.25, 0.3) is 11.7 Å². The summed E-state index contributed by atoms with van der Waals surface area (Å²) in [6.45, 7) is 4.92. The highest BCUT2D eigenvalue weighted by Crippen LogP contribution is 2.42. The van der Waals surface area contributed by atoms with E-state index in [-0.39, 0.29) is 24.0 Å². The summed E-state index contributed by atoms with van der Waals surface area (Å²) in [7, 11) is 0. The molecular formula is C31H32N2O5. The predicted octanol–water partition coefficient (Wildman–Crippen LogP) is 5.60. The molecule has 2 aliphatic rings. The van der Waals surface area contributed by atoms with Crippen LogP contribution >= 0.6 is 0 Å². The Bertz CT molecular complexity index is 1370. The lowest BCUT2D eigenvalue weighted by Crippen LogP contribution is -2.29. The van der Waals surface area contributed by atoms with E-state index in [1.807, 2.05) is 49.4 Å². The van der Waals surface area contributed by atoms with Crippen LogP contribution in [-0.2, 0) is 22.6 Å². The van der Waals surface area contributed by atoms with Gasteiger partial charge in [-0.2, -0.15) is 0 Å². The summed E-state index contributed by atoms with van der Waals surface area (Å²) in [5, 5.41) is 11.5. The number of aliphatic hydroxyl groups is 1. The number of unbranched alkanes of at least 4 members (excludes halogenated alkanes) is 2. The predicted molar refractivity (Wildman–Crippen MR) is 144 cm³/mol. The van der Waals surface area contributed by atoms with E-state index in [0.717, 1.165) is 36.1 Å². The Morgan fingerprint density at radius 1 is 1.11 bits per heavy atom. The minimum Gasteiger partial charge on any atom is -0.507 e. The number of hydrogen-bond acceptors (Lipinski definition) is 6. The number of carbonyl (C=O) groups is 2. The fourth-order valence-corrected chi connectivity index (χ4v) is 5.12. The average Bonchev–Trinajstić information content (AvgIpc) is 3.42. The van der Waals surface area contributed by atoms with Gasteiger partial charge in [0.05, 0.1) is 18.2 Å². The summed E-state index contributed by atoms with van der Waals surface area (Å²) in [5.41, 5.74) is 3.06. The van der Waals surface area contributed by atoms with Crippen molar-refractivity contribution in [3.05, 3.63) is 94.8 Å². The third kappa shape index (κ3) is 5.14. The van der Waals surface area contributed by atoms with Crippen LogP contribution in [0.1, 0.15) is 61.4 Å². The maximum absolute atomic E-state index is 13.4. The number of aliphatic hydroxyl groups excluding tert-OH is 1. The second-order valence-corrected chi connectivity index (χ2v) is 9.87. The Morgan fingerprint density at radius 3 is 2.71 bits per heavy atom. The van der Waals surface area contributed by atoms with Crippen LogP contribution in [0.3, 0.4) is 0 Å². The van der Waals surface area contributed by atoms with Gasteiger partial charge in [-0.15, -0.1) is 0 Å². The molecule has 2 aliphatic heterocycles. The molecule has 7 heteroatoms. The van der Waals surface area contributed by atoms with Crippen molar-refractivity contribution < 1.29 is 24.2 Å². The van der Waals surface area contributed by atoms with Crippen LogP contribution in [-0.4, -0.2) is 39.4 Å². The number of nitrogens with zero attached hydrogens (tertiary/aromatic N) is 2. The molecule has 1 saturated heterocycles. The average molecular weight is 513 g/mol. The molecule has 0 spiro atoms. The number of ketones is 1. The molecule has 0 aliphatic carbocycles. The fourth-order valence-electron chi connectivity index (χ4n) is 5.12. The number of benzene rings is 2. The van der Waals surface area contributed by atoms with Crippen LogP contribution < -0.4 is 9.47 Å². The van der Waals surface area contributed by atoms with Gasteiger partial charge in [0, 0.05) is 30.9 Å². The number of amides is 1. The zero-order valence-electron chi connectivity index (χ0n) is 21.7. The summed E-state index contributed by atoms with van der Waals surface area (Å²) < 4.78 is 11.8. The lowest BCUT2D eigenvalue weighted by atomic mass is 9.94. The summed E-state index contributed by atoms with van der Waals surface area (Å²) in [5.74, 6) is -0.114. The first-order chi connectivity index (χ1) is 18.5. The van der Waals surface area contributed by atoms with Gasteiger partial charge < -0.3 is 19.5 Å². The molecule has 1 N–H and O–H groups in total. The highest BCUT2D eigenvalue weighted by atomic mass is 16.5. The van der Waals surface area contributed by atoms with Crippen molar-refractivity contribution in [3.63, 3.8) is 0 Å². The van der Waals surface area contributed by atoms with E-state index in [2.05, 4.69) is 11.9 Å². The molecule has 38 heavy (non-hydrogen) atoms. The topological polar surface area (TPSA) is 89.0 Å². The van der Waals surface area contributed by atoms with Crippen LogP contribution in [0.15, 0.2) is 72.6 Å². The first kappa shape index (κ1) is 25.5. The van der Waals surface area contributed by atoms with Crippen molar-refractivity contribution in [2.45, 2.75) is 58.2 Å². The quantitative estimate of drug-likeness (QED) is 0.174. The Kier molecular flexibility index (Phi) is 7.45. The summed E-state index contributed by atoms with van der Waals surface area (Å²) in [6.07, 6.45) is 7.19. The van der Waals surface area contributed by atoms with Crippen LogP contribution in [0.5, 0.6) is 11.5 Å². The molecule has 3 heterocycles. The van der Waals surface area contributed by atoms with Crippen molar-refractivity contribution in [1.29, 1.82) is 0 Å². The normalized spacial score (nSPS) is 19.9. The summed E-state index contributed by atoms with van der Waals surface area (Å²) >= 11 is 0. The molecule has 3 aromatic rings. The van der Waals surface area contributed by atoms with E-state index in [1.54, 1.807) is 24.5 Å². The van der Waals surface area contributed by atoms with Gasteiger partial charge in [0.15, 0.2) is 0 Å². The third-order valence-electron chi connectivity index (χ3n) is 7.00. The van der Waals surface area contributed by atoms with Gasteiger partial charge in [0.1, 0.15) is 23.4 Å². The Hall–Kier alpha value is -4.13. The van der Waals surface area contributed by atoms with Gasteiger partial charge in [0.2, 0.25) is 0 Å². The number of rotatable bonds is 9. The number of hydrogen-bond donors (Lipinski definition) is 1. The van der Waals surface area contributed by atoms with E-state index in [9.17, 15) is 14.7 Å². The van der Waals surface area contributed by atoms with E-state index in [0.29, 0.717) is 29.9 Å². The van der Waals surface area contributed by atoms with Crippen molar-refractivity contribution >= 4 is 17.4 Å². The smallest absolute Gasteiger partial charge is 0.295 e. The van der Waals surface area contributed by atoms with Crippen LogP contribution in [0.2, 0.25) is 0 Å². The zero-order chi connectivity index (χ0) is 26.6. The minimum absolute atomic E-state index is 0.0494. The van der Waals surface area contributed by atoms with Crippen molar-refractivity contribution in [2.75, 3.05) is 6.61 Å². The van der Waals surface area contributed by atoms with Gasteiger partial charge in [-0.25, -0.2) is 0 Å². The Morgan fingerprint density at radius 2 is 1.92 bits per heavy atom. The molecule has 7 nitrogen and oxygen atoms in total. The molecular weight excluding hydrogens is 480 g/mol. The molecule has 2 aromatic carbocycles. The van der Waals surface area contributed by atoms with Crippen LogP contribution in [0.4, 0.5) is 0 Å². The van der Waals surface area contributed by atoms with Crippen molar-refractivity contribution in [3.8, 4) is 11.5 Å². The first-order valence-electron chi connectivity index (χ1n) is 13.2. The molecule has 0 bridgehead atoms. The SMILES string of the molecule is CCCCCOc1cccc([C@H]2C(=C(O)c3ccc4c(c3)C[C@H](C)O4)C(=O)C(=O)N2Cc2ccncc2)c1. The maximum Gasteiger partial charge on any atom is 0.295 e. The highest BCUT2D eigenvalue weighted by Gasteiger charge is 2.46. The number of likely N-dealkylation sites (tertiary alicyclic amines) is 1. The summed E-state index contributed by atoms with van der Waals surface area (Å²) in [4.78, 5) is 32.4. The number of pyridine rings is 1. The first-order valence-corrected chi connectivity index (χ1v) is 13.2. The number of ether oxygens (including phenoxy) is 2. The molecule has 0 unspecified atom stereocenters. The van der Waals surface area contributed by atoms with E-state index in [1.165, 1.54) is 4.90 Å². The molecule has 0 radical (unpaired) electrons. The minimum atomic E-state index is -0.772. The molecule has 0 saturated carbocycles. The standard InChI is InChI=1S/C31H32N2O5/c1-3-4-5-15-37-25-8-6-7-22(18-25)28-27(29(34)23-9-10-26-24(17-23)16-20(2)38-26)30(35)31(36)33(28)19-21-11-13-32-14-12-21/h6-14,17-18,20,28,34H,3-5,15-16,19H2,1-2H3/t20-,28-/m0/s1. The Labute approximate surface area is 222 Å². The Balaban J connectivity index is 1.56. The molecule has 196 valence electrons. The summed E-state index contributed by atoms with van der Waals surface area (Å²) in [6, 6.07) is 15.7. The van der Waals surface area contributed by atoms with Crippen molar-refractivity contribution in [1.82, 2.24) is 9.88 Å².